The summed E-state index contributed by atoms with van der Waals surface area (Å²) in [7, 11) is 0. The Hall–Kier alpha value is -0.201. The Balaban J connectivity index is 0.000000490. The predicted molar refractivity (Wildman–Crippen MR) is 29.0 cm³/mol. The van der Waals surface area contributed by atoms with Gasteiger partial charge in [-0.3, -0.25) is 4.98 Å². The maximum Gasteiger partial charge on any atom is 0.0372 e. The third-order valence-electron chi connectivity index (χ3n) is 0.813. The average Bonchev–Trinajstić information content (AvgIpc) is 1.69. The van der Waals surface area contributed by atoms with Crippen LogP contribution in [0.3, 0.4) is 0 Å². The van der Waals surface area contributed by atoms with Gasteiger partial charge in [0.2, 0.25) is 0 Å². The molecule has 0 bridgehead atoms. The van der Waals surface area contributed by atoms with Gasteiger partial charge in [-0.15, -0.1) is 0 Å². The van der Waals surface area contributed by atoms with Crippen molar-refractivity contribution in [1.82, 2.24) is 4.98 Å². The molecule has 1 nitrogen and oxygen atoms in total. The first-order chi connectivity index (χ1) is 3.39. The predicted octanol–water partition coefficient (Wildman–Crippen LogP) is 1.39. The van der Waals surface area contributed by atoms with Gasteiger partial charge < -0.3 is 0 Å². The zero-order valence-electron chi connectivity index (χ0n) is 4.59. The molecule has 1 aromatic heterocycles. The Kier molecular flexibility index (Phi) is 3.67. The van der Waals surface area contributed by atoms with Crippen LogP contribution in [0.1, 0.15) is 5.69 Å². The van der Waals surface area contributed by atoms with Crippen molar-refractivity contribution in [2.24, 2.45) is 0 Å². The number of pyridine rings is 1. The molecule has 2 heteroatoms. The van der Waals surface area contributed by atoms with E-state index in [1.807, 2.05) is 25.1 Å². The van der Waals surface area contributed by atoms with E-state index in [1.54, 1.807) is 6.20 Å². The van der Waals surface area contributed by atoms with Crippen LogP contribution >= 0.6 is 0 Å². The van der Waals surface area contributed by atoms with Crippen LogP contribution in [0, 0.1) is 6.92 Å². The quantitative estimate of drug-likeness (QED) is 0.702. The first kappa shape index (κ1) is 7.80. The summed E-state index contributed by atoms with van der Waals surface area (Å²) in [5.74, 6) is 0. The summed E-state index contributed by atoms with van der Waals surface area (Å²) in [4.78, 5) is 3.98. The summed E-state index contributed by atoms with van der Waals surface area (Å²) in [5, 5.41) is 0. The minimum atomic E-state index is 0. The third kappa shape index (κ3) is 2.20. The molecule has 0 unspecified atom stereocenters. The van der Waals surface area contributed by atoms with Crippen molar-refractivity contribution in [1.29, 1.82) is 0 Å². The van der Waals surface area contributed by atoms with Gasteiger partial charge in [0.05, 0.1) is 0 Å². The van der Waals surface area contributed by atoms with Gasteiger partial charge in [0.1, 0.15) is 0 Å². The van der Waals surface area contributed by atoms with Crippen LogP contribution in [0.4, 0.5) is 0 Å². The zero-order valence-corrected chi connectivity index (χ0v) is 6.99. The van der Waals surface area contributed by atoms with Gasteiger partial charge in [-0.05, 0) is 19.1 Å². The monoisotopic (exact) mass is 286 g/mol. The summed E-state index contributed by atoms with van der Waals surface area (Å²) < 4.78 is 0. The number of aromatic nitrogens is 1. The molecule has 1 aromatic rings. The number of aryl methyl sites for hydroxylation is 1. The van der Waals surface area contributed by atoms with Crippen LogP contribution in [0.2, 0.25) is 0 Å². The molecule has 0 atom stereocenters. The van der Waals surface area contributed by atoms with Crippen molar-refractivity contribution < 1.29 is 20.1 Å². The number of nitrogens with zero attached hydrogens (tertiary/aromatic N) is 1. The number of rotatable bonds is 0. The van der Waals surface area contributed by atoms with E-state index >= 15 is 0 Å². The van der Waals surface area contributed by atoms with Crippen molar-refractivity contribution in [2.45, 2.75) is 6.92 Å². The molecule has 0 saturated carbocycles. The van der Waals surface area contributed by atoms with E-state index < -0.39 is 0 Å². The Labute approximate surface area is 62.5 Å². The van der Waals surface area contributed by atoms with E-state index in [4.69, 9.17) is 0 Å². The Morgan fingerprint density at radius 2 is 2.12 bits per heavy atom. The maximum absolute atomic E-state index is 3.98. The van der Waals surface area contributed by atoms with Crippen molar-refractivity contribution in [3.8, 4) is 0 Å². The molecule has 0 aromatic carbocycles. The van der Waals surface area contributed by atoms with Gasteiger partial charge in [0.25, 0.3) is 0 Å². The Bertz CT molecular complexity index is 138. The van der Waals surface area contributed by atoms with Crippen LogP contribution in [-0.2, 0) is 20.1 Å². The number of hydrogen-bond acceptors (Lipinski definition) is 1. The second-order valence-electron chi connectivity index (χ2n) is 1.47. The first-order valence-corrected chi connectivity index (χ1v) is 2.27. The third-order valence-corrected chi connectivity index (χ3v) is 0.813. The SMILES string of the molecule is Cc1ccccn1.[Ir]. The van der Waals surface area contributed by atoms with Crippen molar-refractivity contribution in [3.05, 3.63) is 30.1 Å². The van der Waals surface area contributed by atoms with Gasteiger partial charge in [-0.2, -0.15) is 0 Å². The fourth-order valence-electron chi connectivity index (χ4n) is 0.448. The fourth-order valence-corrected chi connectivity index (χ4v) is 0.448. The summed E-state index contributed by atoms with van der Waals surface area (Å²) >= 11 is 0. The Morgan fingerprint density at radius 3 is 2.38 bits per heavy atom. The van der Waals surface area contributed by atoms with Crippen LogP contribution in [0.15, 0.2) is 24.4 Å². The van der Waals surface area contributed by atoms with Gasteiger partial charge in [0, 0.05) is 32.0 Å². The first-order valence-electron chi connectivity index (χ1n) is 2.27. The standard InChI is InChI=1S/C6H7N.Ir/c1-6-4-2-3-5-7-6;/h2-5H,1H3;. The topological polar surface area (TPSA) is 12.9 Å². The summed E-state index contributed by atoms with van der Waals surface area (Å²) in [6.07, 6.45) is 1.79. The molecule has 0 aliphatic carbocycles. The van der Waals surface area contributed by atoms with E-state index in [2.05, 4.69) is 4.98 Å². The van der Waals surface area contributed by atoms with E-state index in [-0.39, 0.29) is 20.1 Å². The van der Waals surface area contributed by atoms with E-state index in [9.17, 15) is 0 Å². The molecule has 0 saturated heterocycles. The van der Waals surface area contributed by atoms with Crippen molar-refractivity contribution >= 4 is 0 Å². The minimum Gasteiger partial charge on any atom is -0.262 e. The van der Waals surface area contributed by atoms with Crippen LogP contribution in [0.25, 0.3) is 0 Å². The minimum absolute atomic E-state index is 0. The normalized spacial score (nSPS) is 7.62. The molecule has 0 fully saturated rings. The van der Waals surface area contributed by atoms with Gasteiger partial charge in [-0.1, -0.05) is 6.07 Å². The zero-order chi connectivity index (χ0) is 5.11. The van der Waals surface area contributed by atoms with E-state index in [0.717, 1.165) is 5.69 Å². The number of hydrogen-bond donors (Lipinski definition) is 0. The molecule has 0 amide bonds. The van der Waals surface area contributed by atoms with E-state index in [1.165, 1.54) is 0 Å². The van der Waals surface area contributed by atoms with Crippen molar-refractivity contribution in [3.63, 3.8) is 0 Å². The molecule has 1 rings (SSSR count). The molecular weight excluding hydrogens is 278 g/mol. The fraction of sp³-hybridized carbons (Fsp3) is 0.167. The second kappa shape index (κ2) is 3.76. The molecule has 1 radical (unpaired) electrons. The molecular formula is C6H7IrN. The smallest absolute Gasteiger partial charge is 0.0372 e. The van der Waals surface area contributed by atoms with Gasteiger partial charge in [-0.25, -0.2) is 0 Å². The maximum atomic E-state index is 3.98. The molecule has 0 spiro atoms. The summed E-state index contributed by atoms with van der Waals surface area (Å²) in [6.45, 7) is 1.97. The molecule has 8 heavy (non-hydrogen) atoms. The molecule has 45 valence electrons. The van der Waals surface area contributed by atoms with Crippen LogP contribution < -0.4 is 0 Å². The molecule has 0 N–H and O–H groups in total. The van der Waals surface area contributed by atoms with Crippen LogP contribution in [0.5, 0.6) is 0 Å². The molecule has 0 aliphatic heterocycles. The van der Waals surface area contributed by atoms with Gasteiger partial charge in [0.15, 0.2) is 0 Å². The Morgan fingerprint density at radius 1 is 1.38 bits per heavy atom. The van der Waals surface area contributed by atoms with Gasteiger partial charge >= 0.3 is 0 Å². The van der Waals surface area contributed by atoms with E-state index in [0.29, 0.717) is 0 Å². The summed E-state index contributed by atoms with van der Waals surface area (Å²) in [5.41, 5.74) is 1.07. The van der Waals surface area contributed by atoms with Crippen molar-refractivity contribution in [2.75, 3.05) is 0 Å². The van der Waals surface area contributed by atoms with Crippen LogP contribution in [-0.4, -0.2) is 4.98 Å². The largest absolute Gasteiger partial charge is 0.262 e. The summed E-state index contributed by atoms with van der Waals surface area (Å²) in [6, 6.07) is 5.86. The second-order valence-corrected chi connectivity index (χ2v) is 1.47. The molecule has 1 heterocycles. The average molecular weight is 285 g/mol. The molecule has 0 aliphatic rings.